The van der Waals surface area contributed by atoms with E-state index in [4.69, 9.17) is 4.74 Å². The van der Waals surface area contributed by atoms with Crippen molar-refractivity contribution in [2.24, 2.45) is 5.92 Å². The van der Waals surface area contributed by atoms with Crippen molar-refractivity contribution in [1.82, 2.24) is 10.2 Å². The molecule has 1 N–H and O–H groups in total. The number of rotatable bonds is 7. The average molecular weight is 328 g/mol. The van der Waals surface area contributed by atoms with Gasteiger partial charge in [-0.15, -0.1) is 0 Å². The van der Waals surface area contributed by atoms with Crippen LogP contribution in [0.3, 0.4) is 0 Å². The second-order valence-electron chi connectivity index (χ2n) is 6.91. The highest BCUT2D eigenvalue weighted by molar-refractivity contribution is 6.05. The smallest absolute Gasteiger partial charge is 0.231 e. The lowest BCUT2D eigenvalue weighted by Crippen LogP contribution is -2.34. The van der Waals surface area contributed by atoms with Crippen LogP contribution in [0.15, 0.2) is 35.9 Å². The molecule has 130 valence electrons. The molecule has 1 saturated heterocycles. The molecular formula is C20H28N2O2. The highest BCUT2D eigenvalue weighted by Crippen LogP contribution is 2.46. The molecule has 4 nitrogen and oxygen atoms in total. The Morgan fingerprint density at radius 3 is 2.67 bits per heavy atom. The molecule has 4 heteroatoms. The van der Waals surface area contributed by atoms with E-state index in [9.17, 15) is 4.79 Å². The number of carbonyl (C=O) groups is 1. The summed E-state index contributed by atoms with van der Waals surface area (Å²) in [6, 6.07) is 10.2. The van der Waals surface area contributed by atoms with Gasteiger partial charge in [0.05, 0.1) is 12.0 Å². The number of nitrogens with one attached hydrogen (secondary N) is 1. The van der Waals surface area contributed by atoms with E-state index in [1.165, 1.54) is 16.7 Å². The van der Waals surface area contributed by atoms with Gasteiger partial charge >= 0.3 is 0 Å². The lowest BCUT2D eigenvalue weighted by Gasteiger charge is -2.28. The van der Waals surface area contributed by atoms with Crippen LogP contribution in [-0.2, 0) is 9.53 Å². The second kappa shape index (κ2) is 7.95. The van der Waals surface area contributed by atoms with Gasteiger partial charge in [-0.3, -0.25) is 4.79 Å². The molecule has 1 atom stereocenters. The molecule has 0 saturated carbocycles. The standard InChI is InChI=1S/C20H28N2O2/c1-15-18(16-7-4-3-5-8-16)19(15)20(23)21-11-6-14-24-17-9-12-22(2)13-10-17/h3-5,7-8,17,19H,6,9-14H2,1-2H3,(H,21,23). The minimum Gasteiger partial charge on any atom is -0.378 e. The number of likely N-dealkylation sites (tertiary alicyclic amines) is 1. The van der Waals surface area contributed by atoms with Crippen molar-refractivity contribution in [1.29, 1.82) is 0 Å². The van der Waals surface area contributed by atoms with Gasteiger partial charge in [0.15, 0.2) is 0 Å². The summed E-state index contributed by atoms with van der Waals surface area (Å²) in [5.74, 6) is 0.104. The third-order valence-corrected chi connectivity index (χ3v) is 5.05. The summed E-state index contributed by atoms with van der Waals surface area (Å²) in [5.41, 5.74) is 3.55. The largest absolute Gasteiger partial charge is 0.378 e. The van der Waals surface area contributed by atoms with Gasteiger partial charge in [-0.1, -0.05) is 35.9 Å². The van der Waals surface area contributed by atoms with E-state index in [-0.39, 0.29) is 11.8 Å². The second-order valence-corrected chi connectivity index (χ2v) is 6.91. The van der Waals surface area contributed by atoms with Gasteiger partial charge in [0.25, 0.3) is 0 Å². The van der Waals surface area contributed by atoms with Crippen molar-refractivity contribution in [3.05, 3.63) is 41.5 Å². The Morgan fingerprint density at radius 2 is 1.96 bits per heavy atom. The zero-order chi connectivity index (χ0) is 16.9. The maximum atomic E-state index is 12.3. The van der Waals surface area contributed by atoms with Crippen LogP contribution in [0.5, 0.6) is 0 Å². The van der Waals surface area contributed by atoms with Crippen LogP contribution >= 0.6 is 0 Å². The molecule has 0 bridgehead atoms. The summed E-state index contributed by atoms with van der Waals surface area (Å²) in [6.45, 7) is 5.72. The first-order chi connectivity index (χ1) is 11.7. The quantitative estimate of drug-likeness (QED) is 0.783. The zero-order valence-corrected chi connectivity index (χ0v) is 14.8. The van der Waals surface area contributed by atoms with Crippen LogP contribution in [-0.4, -0.2) is 50.2 Å². The molecule has 24 heavy (non-hydrogen) atoms. The first kappa shape index (κ1) is 17.2. The van der Waals surface area contributed by atoms with Gasteiger partial charge in [0.2, 0.25) is 5.91 Å². The van der Waals surface area contributed by atoms with Gasteiger partial charge < -0.3 is 15.0 Å². The van der Waals surface area contributed by atoms with Crippen LogP contribution in [0, 0.1) is 5.92 Å². The Kier molecular flexibility index (Phi) is 5.69. The van der Waals surface area contributed by atoms with E-state index in [1.807, 2.05) is 18.2 Å². The number of nitrogens with zero attached hydrogens (tertiary/aromatic N) is 1. The first-order valence-electron chi connectivity index (χ1n) is 9.00. The Balaban J connectivity index is 1.31. The van der Waals surface area contributed by atoms with Gasteiger partial charge in [-0.2, -0.15) is 0 Å². The summed E-state index contributed by atoms with van der Waals surface area (Å²) in [7, 11) is 2.16. The lowest BCUT2D eigenvalue weighted by atomic mass is 10.1. The normalized spacial score (nSPS) is 21.8. The molecule has 0 aromatic heterocycles. The fourth-order valence-corrected chi connectivity index (χ4v) is 3.46. The molecule has 1 aliphatic carbocycles. The molecule has 0 spiro atoms. The van der Waals surface area contributed by atoms with E-state index in [1.54, 1.807) is 0 Å². The van der Waals surface area contributed by atoms with E-state index in [2.05, 4.69) is 36.3 Å². The van der Waals surface area contributed by atoms with Crippen LogP contribution in [0.4, 0.5) is 0 Å². The molecule has 1 aromatic carbocycles. The van der Waals surface area contributed by atoms with Crippen molar-refractivity contribution < 1.29 is 9.53 Å². The number of amides is 1. The minimum absolute atomic E-state index is 0.0257. The predicted octanol–water partition coefficient (Wildman–Crippen LogP) is 2.71. The number of piperidine rings is 1. The van der Waals surface area contributed by atoms with E-state index < -0.39 is 0 Å². The maximum Gasteiger partial charge on any atom is 0.231 e. The van der Waals surface area contributed by atoms with Crippen molar-refractivity contribution in [2.45, 2.75) is 32.3 Å². The van der Waals surface area contributed by atoms with Gasteiger partial charge in [-0.25, -0.2) is 0 Å². The SMILES string of the molecule is CC1=C(c2ccccc2)C1C(=O)NCCCOC1CCN(C)CC1. The van der Waals surface area contributed by atoms with Gasteiger partial charge in [0, 0.05) is 26.2 Å². The highest BCUT2D eigenvalue weighted by Gasteiger charge is 2.39. The van der Waals surface area contributed by atoms with Gasteiger partial charge in [0.1, 0.15) is 0 Å². The van der Waals surface area contributed by atoms with Crippen molar-refractivity contribution >= 4 is 11.5 Å². The molecule has 1 fully saturated rings. The summed E-state index contributed by atoms with van der Waals surface area (Å²) in [4.78, 5) is 14.6. The Morgan fingerprint density at radius 1 is 1.25 bits per heavy atom. The van der Waals surface area contributed by atoms with Crippen molar-refractivity contribution in [2.75, 3.05) is 33.3 Å². The number of ether oxygens (including phenoxy) is 1. The molecule has 1 unspecified atom stereocenters. The summed E-state index contributed by atoms with van der Waals surface area (Å²) >= 11 is 0. The van der Waals surface area contributed by atoms with Crippen molar-refractivity contribution in [3.63, 3.8) is 0 Å². The van der Waals surface area contributed by atoms with Crippen LogP contribution < -0.4 is 5.32 Å². The van der Waals surface area contributed by atoms with Crippen LogP contribution in [0.1, 0.15) is 31.7 Å². The Hall–Kier alpha value is -1.65. The molecular weight excluding hydrogens is 300 g/mol. The fourth-order valence-electron chi connectivity index (χ4n) is 3.46. The van der Waals surface area contributed by atoms with E-state index in [0.29, 0.717) is 12.6 Å². The van der Waals surface area contributed by atoms with E-state index >= 15 is 0 Å². The molecule has 1 heterocycles. The highest BCUT2D eigenvalue weighted by atomic mass is 16.5. The topological polar surface area (TPSA) is 41.6 Å². The van der Waals surface area contributed by atoms with Crippen molar-refractivity contribution in [3.8, 4) is 0 Å². The molecule has 1 aromatic rings. The molecule has 1 amide bonds. The summed E-state index contributed by atoms with van der Waals surface area (Å²) in [6.07, 6.45) is 3.52. The molecule has 2 aliphatic rings. The number of hydrogen-bond acceptors (Lipinski definition) is 3. The monoisotopic (exact) mass is 328 g/mol. The summed E-state index contributed by atoms with van der Waals surface area (Å²) < 4.78 is 5.91. The predicted molar refractivity (Wildman–Crippen MR) is 96.6 cm³/mol. The molecule has 3 rings (SSSR count). The Labute approximate surface area is 144 Å². The molecule has 0 radical (unpaired) electrons. The third kappa shape index (κ3) is 4.25. The number of carbonyl (C=O) groups excluding carboxylic acids is 1. The summed E-state index contributed by atoms with van der Waals surface area (Å²) in [5, 5.41) is 3.05. The Bertz CT molecular complexity index is 589. The van der Waals surface area contributed by atoms with Crippen LogP contribution in [0.25, 0.3) is 5.57 Å². The first-order valence-corrected chi connectivity index (χ1v) is 9.00. The number of hydrogen-bond donors (Lipinski definition) is 1. The van der Waals surface area contributed by atoms with E-state index in [0.717, 1.165) is 39.0 Å². The van der Waals surface area contributed by atoms with Crippen LogP contribution in [0.2, 0.25) is 0 Å². The number of benzene rings is 1. The maximum absolute atomic E-state index is 12.3. The zero-order valence-electron chi connectivity index (χ0n) is 14.8. The average Bonchev–Trinajstić information content (AvgIpc) is 3.28. The molecule has 1 aliphatic heterocycles. The third-order valence-electron chi connectivity index (χ3n) is 5.05. The fraction of sp³-hybridized carbons (Fsp3) is 0.550. The van der Waals surface area contributed by atoms with Gasteiger partial charge in [-0.05, 0) is 44.4 Å². The lowest BCUT2D eigenvalue weighted by molar-refractivity contribution is -0.121. The minimum atomic E-state index is -0.0257.